The summed E-state index contributed by atoms with van der Waals surface area (Å²) in [4.78, 5) is 34.3. The van der Waals surface area contributed by atoms with Gasteiger partial charge in [0.05, 0.1) is 5.92 Å². The number of benzene rings is 1. The third-order valence-corrected chi connectivity index (χ3v) is 6.33. The third-order valence-electron chi connectivity index (χ3n) is 6.33. The van der Waals surface area contributed by atoms with Gasteiger partial charge in [0.1, 0.15) is 5.82 Å². The van der Waals surface area contributed by atoms with Crippen LogP contribution in [0, 0.1) is 5.92 Å². The van der Waals surface area contributed by atoms with Crippen molar-refractivity contribution >= 4 is 11.6 Å². The Labute approximate surface area is 177 Å². The van der Waals surface area contributed by atoms with Gasteiger partial charge in [0.2, 0.25) is 0 Å². The highest BCUT2D eigenvalue weighted by Crippen LogP contribution is 2.41. The summed E-state index contributed by atoms with van der Waals surface area (Å²) in [5.74, 6) is 0.514. The van der Waals surface area contributed by atoms with Crippen LogP contribution in [-0.4, -0.2) is 21.5 Å². The van der Waals surface area contributed by atoms with E-state index in [-0.39, 0.29) is 17.5 Å². The maximum atomic E-state index is 13.6. The Hall–Kier alpha value is -2.95. The number of Topliss-reactive ketones (excluding diaryl/α,β-unsaturated/α-hetero) is 2. The number of imidazole rings is 1. The number of H-pyrrole nitrogens is 1. The molecule has 5 nitrogen and oxygen atoms in total. The Morgan fingerprint density at radius 3 is 2.30 bits per heavy atom. The largest absolute Gasteiger partial charge is 0.362 e. The first-order valence-corrected chi connectivity index (χ1v) is 10.8. The summed E-state index contributed by atoms with van der Waals surface area (Å²) in [6.07, 6.45) is 7.02. The van der Waals surface area contributed by atoms with Crippen molar-refractivity contribution in [3.63, 3.8) is 0 Å². The second-order valence-electron chi connectivity index (χ2n) is 8.44. The Morgan fingerprint density at radius 1 is 0.967 bits per heavy atom. The average molecular weight is 404 g/mol. The normalized spacial score (nSPS) is 20.3. The molecule has 1 aromatic carbocycles. The van der Waals surface area contributed by atoms with Gasteiger partial charge in [-0.1, -0.05) is 49.6 Å². The van der Waals surface area contributed by atoms with Crippen molar-refractivity contribution in [2.45, 2.75) is 58.8 Å². The number of ketones is 2. The molecule has 156 valence electrons. The number of allylic oxidation sites excluding steroid dienone is 4. The molecular formula is C25H29N3O2. The van der Waals surface area contributed by atoms with Gasteiger partial charge in [-0.05, 0) is 33.6 Å². The zero-order valence-corrected chi connectivity index (χ0v) is 17.9. The molecule has 0 bridgehead atoms. The van der Waals surface area contributed by atoms with Gasteiger partial charge in [0.25, 0.3) is 0 Å². The van der Waals surface area contributed by atoms with Gasteiger partial charge in [0, 0.05) is 45.9 Å². The summed E-state index contributed by atoms with van der Waals surface area (Å²) in [5, 5.41) is 3.30. The number of nitrogens with one attached hydrogen (secondary N) is 2. The molecule has 2 aromatic rings. The van der Waals surface area contributed by atoms with Crippen LogP contribution >= 0.6 is 0 Å². The number of carbonyl (C=O) groups is 2. The van der Waals surface area contributed by atoms with Crippen molar-refractivity contribution in [1.29, 1.82) is 0 Å². The molecule has 0 saturated heterocycles. The van der Waals surface area contributed by atoms with Gasteiger partial charge in [0.15, 0.2) is 11.6 Å². The number of carbonyl (C=O) groups excluding carboxylic acids is 2. The molecule has 2 aliphatic rings. The van der Waals surface area contributed by atoms with Gasteiger partial charge < -0.3 is 10.3 Å². The minimum Gasteiger partial charge on any atom is -0.362 e. The van der Waals surface area contributed by atoms with E-state index in [9.17, 15) is 9.59 Å². The summed E-state index contributed by atoms with van der Waals surface area (Å²) >= 11 is 0. The van der Waals surface area contributed by atoms with E-state index in [1.165, 1.54) is 6.42 Å². The zero-order chi connectivity index (χ0) is 21.3. The van der Waals surface area contributed by atoms with Gasteiger partial charge >= 0.3 is 0 Å². The fourth-order valence-corrected chi connectivity index (χ4v) is 4.91. The quantitative estimate of drug-likeness (QED) is 0.733. The van der Waals surface area contributed by atoms with Crippen LogP contribution < -0.4 is 5.32 Å². The van der Waals surface area contributed by atoms with E-state index in [4.69, 9.17) is 0 Å². The van der Waals surface area contributed by atoms with Crippen LogP contribution in [-0.2, 0) is 9.59 Å². The van der Waals surface area contributed by atoms with Crippen LogP contribution in [0.1, 0.15) is 64.5 Å². The van der Waals surface area contributed by atoms with E-state index in [1.54, 1.807) is 13.1 Å². The number of aromatic nitrogens is 2. The number of hydrogen-bond donors (Lipinski definition) is 2. The van der Waals surface area contributed by atoms with Crippen LogP contribution in [0.4, 0.5) is 0 Å². The molecule has 0 spiro atoms. The molecule has 1 atom stereocenters. The molecule has 30 heavy (non-hydrogen) atoms. The van der Waals surface area contributed by atoms with Crippen molar-refractivity contribution in [1.82, 2.24) is 15.3 Å². The number of aromatic amines is 1. The number of hydrogen-bond acceptors (Lipinski definition) is 4. The minimum absolute atomic E-state index is 0.0256. The van der Waals surface area contributed by atoms with E-state index in [2.05, 4.69) is 15.3 Å². The zero-order valence-electron chi connectivity index (χ0n) is 17.9. The summed E-state index contributed by atoms with van der Waals surface area (Å²) < 4.78 is 0. The maximum absolute atomic E-state index is 13.6. The van der Waals surface area contributed by atoms with Crippen molar-refractivity contribution in [2.24, 2.45) is 5.92 Å². The Kier molecular flexibility index (Phi) is 5.71. The average Bonchev–Trinajstić information content (AvgIpc) is 3.24. The molecule has 2 heterocycles. The van der Waals surface area contributed by atoms with Crippen LogP contribution in [0.25, 0.3) is 11.4 Å². The molecule has 0 amide bonds. The van der Waals surface area contributed by atoms with Crippen LogP contribution in [0.5, 0.6) is 0 Å². The third kappa shape index (κ3) is 3.76. The van der Waals surface area contributed by atoms with E-state index in [1.807, 2.05) is 44.2 Å². The van der Waals surface area contributed by atoms with Gasteiger partial charge in [-0.3, -0.25) is 9.59 Å². The van der Waals surface area contributed by atoms with Crippen molar-refractivity contribution in [3.05, 3.63) is 64.8 Å². The second-order valence-corrected chi connectivity index (χ2v) is 8.44. The molecule has 4 rings (SSSR count). The monoisotopic (exact) mass is 403 g/mol. The van der Waals surface area contributed by atoms with Crippen LogP contribution in [0.2, 0.25) is 0 Å². The first-order chi connectivity index (χ1) is 14.5. The lowest BCUT2D eigenvalue weighted by molar-refractivity contribution is -0.120. The fourth-order valence-electron chi connectivity index (χ4n) is 4.91. The predicted molar refractivity (Wildman–Crippen MR) is 118 cm³/mol. The topological polar surface area (TPSA) is 74.8 Å². The lowest BCUT2D eigenvalue weighted by atomic mass is 9.74. The molecule has 2 N–H and O–H groups in total. The van der Waals surface area contributed by atoms with E-state index in [0.29, 0.717) is 11.1 Å². The Bertz CT molecular complexity index is 1020. The molecule has 1 aromatic heterocycles. The van der Waals surface area contributed by atoms with E-state index < -0.39 is 5.92 Å². The first-order valence-electron chi connectivity index (χ1n) is 10.8. The lowest BCUT2D eigenvalue weighted by Gasteiger charge is -2.32. The number of rotatable bonds is 5. The molecular weight excluding hydrogens is 374 g/mol. The first kappa shape index (κ1) is 20.3. The molecule has 1 aliphatic carbocycles. The highest BCUT2D eigenvalue weighted by Gasteiger charge is 2.38. The molecule has 1 aliphatic heterocycles. The van der Waals surface area contributed by atoms with Crippen LogP contribution in [0.15, 0.2) is 59.1 Å². The molecule has 1 saturated carbocycles. The van der Waals surface area contributed by atoms with Crippen molar-refractivity contribution in [2.75, 3.05) is 0 Å². The maximum Gasteiger partial charge on any atom is 0.164 e. The summed E-state index contributed by atoms with van der Waals surface area (Å²) in [7, 11) is 0. The van der Waals surface area contributed by atoms with Crippen molar-refractivity contribution < 1.29 is 9.59 Å². The smallest absolute Gasteiger partial charge is 0.164 e. The number of dihydropyridines is 1. The summed E-state index contributed by atoms with van der Waals surface area (Å²) in [6, 6.07) is 9.89. The standard InChI is InChI=1S/C25H29N3O2/c1-15-21(17(3)29)23(20-14-26-25(28-20)19-12-8-5-9-13-19)22(16(2)27-15)24(30)18-10-6-4-7-11-18/h5,8-9,12-14,18,23,27H,4,6-7,10-11H2,1-3H3,(H,26,28). The molecule has 1 unspecified atom stereocenters. The molecule has 0 radical (unpaired) electrons. The van der Waals surface area contributed by atoms with E-state index >= 15 is 0 Å². The Morgan fingerprint density at radius 2 is 1.63 bits per heavy atom. The Balaban J connectivity index is 1.79. The van der Waals surface area contributed by atoms with Gasteiger partial charge in [-0.25, -0.2) is 4.98 Å². The lowest BCUT2D eigenvalue weighted by Crippen LogP contribution is -2.33. The summed E-state index contributed by atoms with van der Waals surface area (Å²) in [6.45, 7) is 5.42. The summed E-state index contributed by atoms with van der Waals surface area (Å²) in [5.41, 5.74) is 4.76. The predicted octanol–water partition coefficient (Wildman–Crippen LogP) is 5.05. The molecule has 1 fully saturated rings. The second kappa shape index (κ2) is 8.42. The number of nitrogens with zero attached hydrogens (tertiary/aromatic N) is 1. The van der Waals surface area contributed by atoms with Gasteiger partial charge in [-0.15, -0.1) is 0 Å². The van der Waals surface area contributed by atoms with Crippen LogP contribution in [0.3, 0.4) is 0 Å². The SMILES string of the molecule is CC(=O)C1=C(C)NC(C)=C(C(=O)C2CCCCC2)C1c1cnc(-c2ccccc2)[nH]1. The fraction of sp³-hybridized carbons (Fsp3) is 0.400. The molecule has 5 heteroatoms. The minimum atomic E-state index is -0.414. The highest BCUT2D eigenvalue weighted by atomic mass is 16.1. The van der Waals surface area contributed by atoms with Gasteiger partial charge in [-0.2, -0.15) is 0 Å². The highest BCUT2D eigenvalue weighted by molar-refractivity contribution is 6.05. The van der Waals surface area contributed by atoms with E-state index in [0.717, 1.165) is 54.2 Å². The van der Waals surface area contributed by atoms with Crippen molar-refractivity contribution in [3.8, 4) is 11.4 Å².